The van der Waals surface area contributed by atoms with Crippen molar-refractivity contribution >= 4 is 5.97 Å². The van der Waals surface area contributed by atoms with E-state index in [1.807, 2.05) is 0 Å². The summed E-state index contributed by atoms with van der Waals surface area (Å²) in [6.07, 6.45) is -1.98. The number of piperidine rings is 1. The highest BCUT2D eigenvalue weighted by Crippen LogP contribution is 2.33. The molecule has 0 bridgehead atoms. The van der Waals surface area contributed by atoms with Crippen molar-refractivity contribution < 1.29 is 22.7 Å². The SMILES string of the molecule is CCOC(=O)[C@H]1CCCCN1Cc1ccccc1C(F)(F)F. The van der Waals surface area contributed by atoms with Crippen molar-refractivity contribution in [3.63, 3.8) is 0 Å². The zero-order valence-corrected chi connectivity index (χ0v) is 12.5. The number of ether oxygens (including phenoxy) is 1. The van der Waals surface area contributed by atoms with Gasteiger partial charge in [-0.1, -0.05) is 24.6 Å². The summed E-state index contributed by atoms with van der Waals surface area (Å²) in [5.74, 6) is -0.341. The molecule has 3 nitrogen and oxygen atoms in total. The molecular formula is C16H20F3NO2. The Hall–Kier alpha value is -1.56. The molecule has 1 heterocycles. The van der Waals surface area contributed by atoms with Crippen LogP contribution in [0.15, 0.2) is 24.3 Å². The van der Waals surface area contributed by atoms with Gasteiger partial charge in [0.2, 0.25) is 0 Å². The third-order valence-electron chi connectivity index (χ3n) is 3.87. The highest BCUT2D eigenvalue weighted by molar-refractivity contribution is 5.75. The summed E-state index contributed by atoms with van der Waals surface area (Å²) in [6.45, 7) is 2.72. The second-order valence-corrected chi connectivity index (χ2v) is 5.39. The number of hydrogen-bond donors (Lipinski definition) is 0. The number of halogens is 3. The lowest BCUT2D eigenvalue weighted by molar-refractivity contribution is -0.151. The number of likely N-dealkylation sites (tertiary alicyclic amines) is 1. The zero-order chi connectivity index (χ0) is 16.2. The molecule has 0 aliphatic carbocycles. The number of carbonyl (C=O) groups is 1. The second-order valence-electron chi connectivity index (χ2n) is 5.39. The van der Waals surface area contributed by atoms with Gasteiger partial charge in [0.25, 0.3) is 0 Å². The number of rotatable bonds is 4. The first-order valence-electron chi connectivity index (χ1n) is 7.49. The van der Waals surface area contributed by atoms with Gasteiger partial charge in [-0.15, -0.1) is 0 Å². The highest BCUT2D eigenvalue weighted by Gasteiger charge is 2.35. The number of esters is 1. The minimum Gasteiger partial charge on any atom is -0.465 e. The average molecular weight is 315 g/mol. The topological polar surface area (TPSA) is 29.5 Å². The smallest absolute Gasteiger partial charge is 0.416 e. The maximum absolute atomic E-state index is 13.1. The Morgan fingerprint density at radius 3 is 2.73 bits per heavy atom. The van der Waals surface area contributed by atoms with Crippen molar-refractivity contribution in [3.8, 4) is 0 Å². The van der Waals surface area contributed by atoms with Gasteiger partial charge in [0, 0.05) is 6.54 Å². The van der Waals surface area contributed by atoms with Crippen LogP contribution >= 0.6 is 0 Å². The molecule has 1 atom stereocenters. The summed E-state index contributed by atoms with van der Waals surface area (Å²) in [4.78, 5) is 13.8. The van der Waals surface area contributed by atoms with Crippen LogP contribution in [0.2, 0.25) is 0 Å². The van der Waals surface area contributed by atoms with E-state index in [9.17, 15) is 18.0 Å². The molecular weight excluding hydrogens is 295 g/mol. The molecule has 122 valence electrons. The summed E-state index contributed by atoms with van der Waals surface area (Å²) >= 11 is 0. The van der Waals surface area contributed by atoms with Crippen LogP contribution in [-0.2, 0) is 22.3 Å². The molecule has 1 aliphatic heterocycles. The van der Waals surface area contributed by atoms with Crippen LogP contribution in [0.4, 0.5) is 13.2 Å². The molecule has 1 saturated heterocycles. The summed E-state index contributed by atoms with van der Waals surface area (Å²) in [6, 6.07) is 5.08. The summed E-state index contributed by atoms with van der Waals surface area (Å²) in [5.41, 5.74) is -0.436. The van der Waals surface area contributed by atoms with E-state index < -0.39 is 17.8 Å². The zero-order valence-electron chi connectivity index (χ0n) is 12.5. The highest BCUT2D eigenvalue weighted by atomic mass is 19.4. The van der Waals surface area contributed by atoms with E-state index in [-0.39, 0.29) is 24.7 Å². The third-order valence-corrected chi connectivity index (χ3v) is 3.87. The van der Waals surface area contributed by atoms with Crippen LogP contribution in [-0.4, -0.2) is 30.1 Å². The average Bonchev–Trinajstić information content (AvgIpc) is 2.47. The molecule has 6 heteroatoms. The van der Waals surface area contributed by atoms with E-state index in [4.69, 9.17) is 4.74 Å². The van der Waals surface area contributed by atoms with Crippen LogP contribution in [0.25, 0.3) is 0 Å². The summed E-state index contributed by atoms with van der Waals surface area (Å²) in [7, 11) is 0. The Morgan fingerprint density at radius 2 is 2.05 bits per heavy atom. The van der Waals surface area contributed by atoms with Crippen LogP contribution in [0.5, 0.6) is 0 Å². The molecule has 0 unspecified atom stereocenters. The van der Waals surface area contributed by atoms with E-state index >= 15 is 0 Å². The number of hydrogen-bond acceptors (Lipinski definition) is 3. The first-order valence-corrected chi connectivity index (χ1v) is 7.49. The van der Waals surface area contributed by atoms with Crippen molar-refractivity contribution in [1.82, 2.24) is 4.90 Å². The van der Waals surface area contributed by atoms with Gasteiger partial charge in [0.1, 0.15) is 6.04 Å². The maximum Gasteiger partial charge on any atom is 0.416 e. The van der Waals surface area contributed by atoms with Crippen molar-refractivity contribution in [2.45, 2.75) is 44.9 Å². The van der Waals surface area contributed by atoms with Gasteiger partial charge in [-0.3, -0.25) is 9.69 Å². The van der Waals surface area contributed by atoms with E-state index in [1.54, 1.807) is 17.9 Å². The summed E-state index contributed by atoms with van der Waals surface area (Å²) < 4.78 is 44.3. The van der Waals surface area contributed by atoms with Gasteiger partial charge in [-0.25, -0.2) is 0 Å². The molecule has 0 amide bonds. The fraction of sp³-hybridized carbons (Fsp3) is 0.562. The Labute approximate surface area is 128 Å². The van der Waals surface area contributed by atoms with Crippen LogP contribution < -0.4 is 0 Å². The predicted molar refractivity (Wildman–Crippen MR) is 76.1 cm³/mol. The fourth-order valence-electron chi connectivity index (χ4n) is 2.84. The minimum absolute atomic E-state index is 0.110. The first kappa shape index (κ1) is 16.8. The number of carbonyl (C=O) groups excluding carboxylic acids is 1. The van der Waals surface area contributed by atoms with E-state index in [0.717, 1.165) is 18.9 Å². The molecule has 1 aliphatic rings. The molecule has 0 N–H and O–H groups in total. The molecule has 22 heavy (non-hydrogen) atoms. The molecule has 1 aromatic carbocycles. The van der Waals surface area contributed by atoms with E-state index in [1.165, 1.54) is 12.1 Å². The van der Waals surface area contributed by atoms with Gasteiger partial charge in [0.05, 0.1) is 12.2 Å². The number of benzene rings is 1. The molecule has 0 saturated carbocycles. The quantitative estimate of drug-likeness (QED) is 0.795. The van der Waals surface area contributed by atoms with Crippen molar-refractivity contribution in [1.29, 1.82) is 0 Å². The van der Waals surface area contributed by atoms with Crippen LogP contribution in [0.3, 0.4) is 0 Å². The van der Waals surface area contributed by atoms with Gasteiger partial charge in [0.15, 0.2) is 0 Å². The van der Waals surface area contributed by atoms with Crippen LogP contribution in [0.1, 0.15) is 37.3 Å². The van der Waals surface area contributed by atoms with Gasteiger partial charge in [-0.05, 0) is 37.9 Å². The lowest BCUT2D eigenvalue weighted by Crippen LogP contribution is -2.45. The van der Waals surface area contributed by atoms with E-state index in [0.29, 0.717) is 13.0 Å². The number of nitrogens with zero attached hydrogens (tertiary/aromatic N) is 1. The number of alkyl halides is 3. The Bertz CT molecular complexity index is 516. The van der Waals surface area contributed by atoms with Gasteiger partial charge >= 0.3 is 12.1 Å². The normalized spacial score (nSPS) is 19.9. The minimum atomic E-state index is -4.38. The largest absolute Gasteiger partial charge is 0.465 e. The predicted octanol–water partition coefficient (Wildman–Crippen LogP) is 3.62. The van der Waals surface area contributed by atoms with E-state index in [2.05, 4.69) is 0 Å². The lowest BCUT2D eigenvalue weighted by atomic mass is 9.99. The lowest BCUT2D eigenvalue weighted by Gasteiger charge is -2.34. The fourth-order valence-corrected chi connectivity index (χ4v) is 2.84. The van der Waals surface area contributed by atoms with Crippen molar-refractivity contribution in [2.75, 3.05) is 13.2 Å². The first-order chi connectivity index (χ1) is 10.4. The molecule has 0 radical (unpaired) electrons. The van der Waals surface area contributed by atoms with Crippen LogP contribution in [0, 0.1) is 0 Å². The standard InChI is InChI=1S/C16H20F3NO2/c1-2-22-15(21)14-9-5-6-10-20(14)11-12-7-3-4-8-13(12)16(17,18)19/h3-4,7-8,14H,2,5-6,9-11H2,1H3/t14-/m1/s1. The van der Waals surface area contributed by atoms with Gasteiger partial charge in [-0.2, -0.15) is 13.2 Å². The summed E-state index contributed by atoms with van der Waals surface area (Å²) in [5, 5.41) is 0. The maximum atomic E-state index is 13.1. The molecule has 2 rings (SSSR count). The third kappa shape index (κ3) is 4.00. The molecule has 0 spiro atoms. The Balaban J connectivity index is 2.19. The molecule has 1 fully saturated rings. The second kappa shape index (κ2) is 7.13. The molecule has 1 aromatic rings. The monoisotopic (exact) mass is 315 g/mol. The Morgan fingerprint density at radius 1 is 1.32 bits per heavy atom. The van der Waals surface area contributed by atoms with Crippen molar-refractivity contribution in [2.24, 2.45) is 0 Å². The van der Waals surface area contributed by atoms with Crippen molar-refractivity contribution in [3.05, 3.63) is 35.4 Å². The molecule has 0 aromatic heterocycles. The Kier molecular flexibility index (Phi) is 5.45. The van der Waals surface area contributed by atoms with Gasteiger partial charge < -0.3 is 4.74 Å².